The molecule has 100 valence electrons. The van der Waals surface area contributed by atoms with Crippen molar-refractivity contribution in [2.75, 3.05) is 38.8 Å². The van der Waals surface area contributed by atoms with Gasteiger partial charge in [-0.1, -0.05) is 18.2 Å². The molecule has 0 amide bonds. The topological polar surface area (TPSA) is 24.5 Å². The van der Waals surface area contributed by atoms with Gasteiger partial charge in [0, 0.05) is 32.9 Å². The summed E-state index contributed by atoms with van der Waals surface area (Å²) in [6.45, 7) is 6.94. The van der Waals surface area contributed by atoms with Crippen LogP contribution in [0.4, 0.5) is 5.69 Å². The maximum atomic E-state index is 5.42. The predicted molar refractivity (Wildman–Crippen MR) is 78.1 cm³/mol. The van der Waals surface area contributed by atoms with E-state index in [4.69, 9.17) is 4.74 Å². The van der Waals surface area contributed by atoms with E-state index in [1.807, 2.05) is 20.2 Å². The monoisotopic (exact) mass is 248 g/mol. The van der Waals surface area contributed by atoms with Gasteiger partial charge in [0.15, 0.2) is 0 Å². The van der Waals surface area contributed by atoms with E-state index in [1.54, 1.807) is 0 Å². The van der Waals surface area contributed by atoms with Crippen LogP contribution in [-0.4, -0.2) is 33.9 Å². The number of hydrogen-bond donors (Lipinski definition) is 1. The van der Waals surface area contributed by atoms with Crippen LogP contribution in [0.5, 0.6) is 0 Å². The lowest BCUT2D eigenvalue weighted by molar-refractivity contribution is 0.140. The minimum absolute atomic E-state index is 0.754. The Kier molecular flexibility index (Phi) is 7.14. The summed E-state index contributed by atoms with van der Waals surface area (Å²) in [5.41, 5.74) is 2.53. The van der Waals surface area contributed by atoms with Gasteiger partial charge in [0.2, 0.25) is 0 Å². The Hall–Kier alpha value is -1.32. The highest BCUT2D eigenvalue weighted by atomic mass is 16.5. The highest BCUT2D eigenvalue weighted by Gasteiger charge is 1.96. The minimum Gasteiger partial charge on any atom is -0.380 e. The van der Waals surface area contributed by atoms with Gasteiger partial charge < -0.3 is 15.0 Å². The molecular weight excluding hydrogens is 224 g/mol. The average Bonchev–Trinajstić information content (AvgIpc) is 2.38. The summed E-state index contributed by atoms with van der Waals surface area (Å²) >= 11 is 0. The molecule has 18 heavy (non-hydrogen) atoms. The van der Waals surface area contributed by atoms with E-state index >= 15 is 0 Å². The summed E-state index contributed by atoms with van der Waals surface area (Å²) in [6, 6.07) is 8.58. The Bertz CT molecular complexity index is 333. The number of rotatable bonds is 9. The molecule has 1 rings (SSSR count). The maximum absolute atomic E-state index is 5.42. The normalized spacial score (nSPS) is 10.3. The number of ether oxygens (including phenoxy) is 1. The van der Waals surface area contributed by atoms with Crippen LogP contribution in [0.1, 0.15) is 12.0 Å². The molecule has 0 aliphatic rings. The van der Waals surface area contributed by atoms with Crippen molar-refractivity contribution in [3.63, 3.8) is 0 Å². The van der Waals surface area contributed by atoms with Gasteiger partial charge in [-0.25, -0.2) is 0 Å². The van der Waals surface area contributed by atoms with Gasteiger partial charge in [0.05, 0.1) is 13.2 Å². The van der Waals surface area contributed by atoms with Gasteiger partial charge in [0.1, 0.15) is 0 Å². The smallest absolute Gasteiger partial charge is 0.0591 e. The van der Waals surface area contributed by atoms with Gasteiger partial charge in [-0.3, -0.25) is 0 Å². The predicted octanol–water partition coefficient (Wildman–Crippen LogP) is 2.43. The fourth-order valence-corrected chi connectivity index (χ4v) is 1.56. The summed E-state index contributed by atoms with van der Waals surface area (Å²) in [6.07, 6.45) is 2.80. The van der Waals surface area contributed by atoms with E-state index in [0.29, 0.717) is 0 Å². The molecule has 1 aromatic rings. The van der Waals surface area contributed by atoms with Crippen LogP contribution in [-0.2, 0) is 11.3 Å². The second-order valence-corrected chi connectivity index (χ2v) is 4.43. The van der Waals surface area contributed by atoms with Gasteiger partial charge in [-0.2, -0.15) is 0 Å². The highest BCUT2D eigenvalue weighted by Crippen LogP contribution is 2.11. The van der Waals surface area contributed by atoms with Crippen molar-refractivity contribution in [2.24, 2.45) is 0 Å². The lowest BCUT2D eigenvalue weighted by atomic mass is 10.2. The summed E-state index contributed by atoms with van der Waals surface area (Å²) in [5, 5.41) is 3.36. The first-order valence-electron chi connectivity index (χ1n) is 6.39. The van der Waals surface area contributed by atoms with E-state index in [1.165, 1.54) is 11.3 Å². The number of anilines is 1. The zero-order chi connectivity index (χ0) is 13.2. The molecule has 0 saturated carbocycles. The molecule has 1 aromatic carbocycles. The molecule has 0 unspecified atom stereocenters. The van der Waals surface area contributed by atoms with Crippen molar-refractivity contribution in [3.8, 4) is 0 Å². The average molecular weight is 248 g/mol. The number of nitrogens with one attached hydrogen (secondary N) is 1. The lowest BCUT2D eigenvalue weighted by Gasteiger charge is -2.12. The minimum atomic E-state index is 0.754. The van der Waals surface area contributed by atoms with Crippen molar-refractivity contribution in [3.05, 3.63) is 42.5 Å². The van der Waals surface area contributed by atoms with Crippen LogP contribution in [0.3, 0.4) is 0 Å². The number of hydrogen-bond acceptors (Lipinski definition) is 3. The van der Waals surface area contributed by atoms with Crippen LogP contribution in [0.2, 0.25) is 0 Å². The number of nitrogens with zero attached hydrogens (tertiary/aromatic N) is 1. The molecule has 0 bridgehead atoms. The molecule has 0 heterocycles. The first-order chi connectivity index (χ1) is 8.74. The SMILES string of the molecule is C=CCCOCCNCc1ccc(N(C)C)cc1. The van der Waals surface area contributed by atoms with Crippen LogP contribution in [0.25, 0.3) is 0 Å². The molecule has 0 radical (unpaired) electrons. The quantitative estimate of drug-likeness (QED) is 0.536. The largest absolute Gasteiger partial charge is 0.380 e. The van der Waals surface area contributed by atoms with Crippen molar-refractivity contribution in [1.82, 2.24) is 5.32 Å². The third-order valence-electron chi connectivity index (χ3n) is 2.67. The Balaban J connectivity index is 2.13. The van der Waals surface area contributed by atoms with Crippen molar-refractivity contribution in [1.29, 1.82) is 0 Å². The molecule has 0 atom stereocenters. The van der Waals surface area contributed by atoms with E-state index in [2.05, 4.69) is 41.1 Å². The van der Waals surface area contributed by atoms with Crippen LogP contribution in [0, 0.1) is 0 Å². The first kappa shape index (κ1) is 14.7. The zero-order valence-electron chi connectivity index (χ0n) is 11.5. The molecule has 0 aliphatic carbocycles. The molecule has 0 fully saturated rings. The third-order valence-corrected chi connectivity index (χ3v) is 2.67. The van der Waals surface area contributed by atoms with Gasteiger partial charge in [-0.15, -0.1) is 6.58 Å². The van der Waals surface area contributed by atoms with E-state index in [9.17, 15) is 0 Å². The molecule has 0 aromatic heterocycles. The Morgan fingerprint density at radius 1 is 1.22 bits per heavy atom. The second kappa shape index (κ2) is 8.72. The molecule has 3 heteroatoms. The van der Waals surface area contributed by atoms with Crippen LogP contribution < -0.4 is 10.2 Å². The molecule has 0 saturated heterocycles. The molecule has 0 aliphatic heterocycles. The Morgan fingerprint density at radius 2 is 1.94 bits per heavy atom. The lowest BCUT2D eigenvalue weighted by Crippen LogP contribution is -2.19. The van der Waals surface area contributed by atoms with Crippen molar-refractivity contribution >= 4 is 5.69 Å². The van der Waals surface area contributed by atoms with E-state index < -0.39 is 0 Å². The number of benzene rings is 1. The van der Waals surface area contributed by atoms with Gasteiger partial charge in [-0.05, 0) is 24.1 Å². The first-order valence-corrected chi connectivity index (χ1v) is 6.39. The van der Waals surface area contributed by atoms with Crippen molar-refractivity contribution < 1.29 is 4.74 Å². The van der Waals surface area contributed by atoms with Crippen LogP contribution in [0.15, 0.2) is 36.9 Å². The second-order valence-electron chi connectivity index (χ2n) is 4.43. The van der Waals surface area contributed by atoms with Crippen LogP contribution >= 0.6 is 0 Å². The van der Waals surface area contributed by atoms with E-state index in [0.717, 1.165) is 32.7 Å². The summed E-state index contributed by atoms with van der Waals surface area (Å²) in [5.74, 6) is 0. The summed E-state index contributed by atoms with van der Waals surface area (Å²) in [4.78, 5) is 2.10. The summed E-state index contributed by atoms with van der Waals surface area (Å²) < 4.78 is 5.42. The van der Waals surface area contributed by atoms with Crippen molar-refractivity contribution in [2.45, 2.75) is 13.0 Å². The Labute approximate surface area is 110 Å². The van der Waals surface area contributed by atoms with Gasteiger partial charge >= 0.3 is 0 Å². The molecule has 0 spiro atoms. The summed E-state index contributed by atoms with van der Waals surface area (Å²) in [7, 11) is 4.10. The maximum Gasteiger partial charge on any atom is 0.0591 e. The zero-order valence-corrected chi connectivity index (χ0v) is 11.5. The standard InChI is InChI=1S/C15H24N2O/c1-4-5-11-18-12-10-16-13-14-6-8-15(9-7-14)17(2)3/h4,6-9,16H,1,5,10-13H2,2-3H3. The molecule has 3 nitrogen and oxygen atoms in total. The molecule has 1 N–H and O–H groups in total. The fourth-order valence-electron chi connectivity index (χ4n) is 1.56. The third kappa shape index (κ3) is 5.84. The fraction of sp³-hybridized carbons (Fsp3) is 0.467. The Morgan fingerprint density at radius 3 is 2.56 bits per heavy atom. The van der Waals surface area contributed by atoms with Gasteiger partial charge in [0.25, 0.3) is 0 Å². The molecular formula is C15H24N2O. The highest BCUT2D eigenvalue weighted by molar-refractivity contribution is 5.45. The van der Waals surface area contributed by atoms with E-state index in [-0.39, 0.29) is 0 Å².